The zero-order chi connectivity index (χ0) is 8.10. The van der Waals surface area contributed by atoms with E-state index in [1.54, 1.807) is 0 Å². The third-order valence-electron chi connectivity index (χ3n) is 0.836. The highest BCUT2D eigenvalue weighted by Crippen LogP contribution is 2.18. The molecule has 1 aromatic rings. The number of nitrogens with zero attached hydrogens (tertiary/aromatic N) is 3. The fourth-order valence-electron chi connectivity index (χ4n) is 0.407. The summed E-state index contributed by atoms with van der Waals surface area (Å²) in [6.45, 7) is 4.96. The average molecular weight is 208 g/mol. The predicted octanol–water partition coefficient (Wildman–Crippen LogP) is 2.38. The van der Waals surface area contributed by atoms with Gasteiger partial charge < -0.3 is 0 Å². The summed E-state index contributed by atoms with van der Waals surface area (Å²) in [5, 5.41) is 0. The van der Waals surface area contributed by atoms with E-state index in [4.69, 9.17) is 4.52 Å². The summed E-state index contributed by atoms with van der Waals surface area (Å²) in [5.74, 6) is 0.551. The van der Waals surface area contributed by atoms with Crippen LogP contribution < -0.4 is 4.52 Å². The van der Waals surface area contributed by atoms with Crippen molar-refractivity contribution in [3.63, 3.8) is 0 Å². The first-order valence-electron chi connectivity index (χ1n) is 3.23. The van der Waals surface area contributed by atoms with Gasteiger partial charge in [0.25, 0.3) is 0 Å². The van der Waals surface area contributed by atoms with Crippen molar-refractivity contribution < 1.29 is 4.52 Å². The van der Waals surface area contributed by atoms with Crippen molar-refractivity contribution in [3.05, 3.63) is 0 Å². The second kappa shape index (κ2) is 5.00. The first-order chi connectivity index (χ1) is 5.29. The van der Waals surface area contributed by atoms with Gasteiger partial charge in [0.15, 0.2) is 0 Å². The lowest BCUT2D eigenvalue weighted by Crippen LogP contribution is -2.03. The van der Waals surface area contributed by atoms with Crippen molar-refractivity contribution in [2.75, 3.05) is 6.61 Å². The maximum absolute atomic E-state index is 5.40. The Hall–Kier alpha value is 0.260. The van der Waals surface area contributed by atoms with E-state index in [9.17, 15) is 0 Å². The van der Waals surface area contributed by atoms with E-state index in [0.29, 0.717) is 5.92 Å². The molecule has 0 atom stereocenters. The highest BCUT2D eigenvalue weighted by Gasteiger charge is 2.05. The van der Waals surface area contributed by atoms with E-state index < -0.39 is 8.08 Å². The molecule has 0 saturated carbocycles. The Labute approximate surface area is 70.2 Å². The minimum Gasteiger partial charge on any atom is -0.243 e. The number of aromatic nitrogens is 3. The van der Waals surface area contributed by atoms with Gasteiger partial charge in [0, 0.05) is 0 Å². The van der Waals surface area contributed by atoms with Crippen LogP contribution in [0, 0.1) is 5.92 Å². The summed E-state index contributed by atoms with van der Waals surface area (Å²) in [4.78, 5) is 0. The summed E-state index contributed by atoms with van der Waals surface area (Å²) in [5.41, 5.74) is 0. The van der Waals surface area contributed by atoms with E-state index >= 15 is 0 Å². The fraction of sp³-hybridized carbons (Fsp3) is 1.00. The molecule has 60 valence electrons. The van der Waals surface area contributed by atoms with Crippen molar-refractivity contribution >= 4 is 25.1 Å². The normalized spacial score (nSPS) is 13.5. The molecule has 0 spiro atoms. The third kappa shape index (κ3) is 3.98. The molecule has 0 amide bonds. The van der Waals surface area contributed by atoms with Crippen LogP contribution in [0.2, 0.25) is 0 Å². The fourth-order valence-corrected chi connectivity index (χ4v) is 3.34. The van der Waals surface area contributed by atoms with Crippen LogP contribution in [0.5, 0.6) is 0 Å². The Balaban J connectivity index is 2.39. The Morgan fingerprint density at radius 3 is 2.55 bits per heavy atom. The first-order valence-corrected chi connectivity index (χ1v) is 6.00. The molecule has 1 rings (SSSR count). The number of rotatable bonds is 3. The summed E-state index contributed by atoms with van der Waals surface area (Å²) < 4.78 is 17.5. The lowest BCUT2D eigenvalue weighted by molar-refractivity contribution is 0.355. The minimum atomic E-state index is -0.873. The van der Waals surface area contributed by atoms with Crippen LogP contribution in [-0.2, 0) is 0 Å². The van der Waals surface area contributed by atoms with Crippen molar-refractivity contribution in [2.45, 2.75) is 13.8 Å². The molecular formula is C4H9N3OP3+. The number of hydrogen-bond donors (Lipinski definition) is 0. The Bertz CT molecular complexity index is 207. The molecule has 0 N–H and O–H groups in total. The van der Waals surface area contributed by atoms with Crippen LogP contribution >= 0.6 is 25.1 Å². The minimum absolute atomic E-state index is 0.551. The standard InChI is InChI=1S/C4H9N3OP3/c1-4(2)3-8-11-6-9-5-10-7-11/h4H,3H2,1-2H3/q+1. The molecule has 0 aromatic carbocycles. The Morgan fingerprint density at radius 1 is 1.36 bits per heavy atom. The molecule has 0 aliphatic heterocycles. The van der Waals surface area contributed by atoms with Gasteiger partial charge in [0.05, 0.1) is 6.61 Å². The molecule has 0 unspecified atom stereocenters. The third-order valence-corrected chi connectivity index (χ3v) is 3.72. The molecular weight excluding hydrogens is 199 g/mol. The van der Waals surface area contributed by atoms with Gasteiger partial charge in [-0.25, -0.2) is 4.52 Å². The smallest absolute Gasteiger partial charge is 0.243 e. The maximum atomic E-state index is 5.40. The Morgan fingerprint density at radius 2 is 2.00 bits per heavy atom. The Kier molecular flexibility index (Phi) is 4.25. The summed E-state index contributed by atoms with van der Waals surface area (Å²) >= 11 is 0. The highest BCUT2D eigenvalue weighted by molar-refractivity contribution is 7.50. The van der Waals surface area contributed by atoms with Crippen LogP contribution in [0.25, 0.3) is 0 Å². The molecule has 11 heavy (non-hydrogen) atoms. The van der Waals surface area contributed by atoms with E-state index in [2.05, 4.69) is 27.4 Å². The van der Waals surface area contributed by atoms with Crippen molar-refractivity contribution in [1.29, 1.82) is 0 Å². The lowest BCUT2D eigenvalue weighted by atomic mass is 10.2. The second-order valence-electron chi connectivity index (χ2n) is 2.39. The molecule has 0 bridgehead atoms. The van der Waals surface area contributed by atoms with Crippen LogP contribution in [0.4, 0.5) is 0 Å². The summed E-state index contributed by atoms with van der Waals surface area (Å²) in [6.07, 6.45) is 0. The highest BCUT2D eigenvalue weighted by atomic mass is 31.2. The van der Waals surface area contributed by atoms with Crippen LogP contribution in [0.15, 0.2) is 0 Å². The van der Waals surface area contributed by atoms with E-state index in [0.717, 1.165) is 23.6 Å². The summed E-state index contributed by atoms with van der Waals surface area (Å²) in [7, 11) is 0.663. The zero-order valence-corrected chi connectivity index (χ0v) is 9.06. The molecule has 0 saturated heterocycles. The van der Waals surface area contributed by atoms with Gasteiger partial charge in [-0.05, 0) is 19.4 Å². The second-order valence-corrected chi connectivity index (χ2v) is 5.66. The van der Waals surface area contributed by atoms with Gasteiger partial charge in [-0.2, -0.15) is 0 Å². The van der Waals surface area contributed by atoms with Crippen molar-refractivity contribution in [1.82, 2.24) is 13.5 Å². The molecule has 4 nitrogen and oxygen atoms in total. The van der Waals surface area contributed by atoms with Crippen LogP contribution in [0.1, 0.15) is 13.8 Å². The van der Waals surface area contributed by atoms with Crippen LogP contribution in [0.3, 0.4) is 0 Å². The van der Waals surface area contributed by atoms with Gasteiger partial charge in [-0.1, -0.05) is 13.8 Å². The van der Waals surface area contributed by atoms with Gasteiger partial charge in [-0.15, -0.1) is 0 Å². The average Bonchev–Trinajstić information content (AvgIpc) is 2.03. The van der Waals surface area contributed by atoms with Crippen LogP contribution in [-0.4, -0.2) is 20.1 Å². The van der Waals surface area contributed by atoms with Crippen molar-refractivity contribution in [3.8, 4) is 0 Å². The maximum Gasteiger partial charge on any atom is 0.353 e. The lowest BCUT2D eigenvalue weighted by Gasteiger charge is -1.97. The largest absolute Gasteiger partial charge is 0.353 e. The topological polar surface area (TPSA) is 47.9 Å². The van der Waals surface area contributed by atoms with E-state index in [1.807, 2.05) is 0 Å². The molecule has 0 aliphatic rings. The zero-order valence-electron chi connectivity index (χ0n) is 6.38. The molecule has 0 aliphatic carbocycles. The molecule has 0 fully saturated rings. The van der Waals surface area contributed by atoms with Gasteiger partial charge >= 0.3 is 25.1 Å². The molecule has 1 heterocycles. The van der Waals surface area contributed by atoms with E-state index in [-0.39, 0.29) is 0 Å². The van der Waals surface area contributed by atoms with Gasteiger partial charge in [0.1, 0.15) is 0 Å². The first kappa shape index (κ1) is 9.35. The predicted molar refractivity (Wildman–Crippen MR) is 48.3 cm³/mol. The monoisotopic (exact) mass is 208 g/mol. The quantitative estimate of drug-likeness (QED) is 0.764. The summed E-state index contributed by atoms with van der Waals surface area (Å²) in [6, 6.07) is 0. The van der Waals surface area contributed by atoms with Gasteiger partial charge in [-0.3, -0.25) is 0 Å². The van der Waals surface area contributed by atoms with Gasteiger partial charge in [0.2, 0.25) is 0 Å². The van der Waals surface area contributed by atoms with E-state index in [1.165, 1.54) is 0 Å². The van der Waals surface area contributed by atoms with Crippen molar-refractivity contribution in [2.24, 2.45) is 5.92 Å². The SMILES string of the molecule is CC(C)CO[p+]1npnpn1. The molecule has 1 aromatic heterocycles. The molecule has 0 radical (unpaired) electrons. The molecule has 7 heteroatoms. The number of hydrogen-bond acceptors (Lipinski definition) is 4.